The van der Waals surface area contributed by atoms with E-state index < -0.39 is 0 Å². The molecule has 0 bridgehead atoms. The number of aryl methyl sites for hydroxylation is 1. The molecule has 0 radical (unpaired) electrons. The van der Waals surface area contributed by atoms with Crippen LogP contribution in [0.1, 0.15) is 36.1 Å². The van der Waals surface area contributed by atoms with Crippen LogP contribution in [0.2, 0.25) is 0 Å². The van der Waals surface area contributed by atoms with Crippen molar-refractivity contribution in [2.75, 3.05) is 0 Å². The molecule has 0 fully saturated rings. The van der Waals surface area contributed by atoms with Crippen molar-refractivity contribution in [1.29, 1.82) is 0 Å². The Balaban J connectivity index is 1.69. The molecule has 1 N–H and O–H groups in total. The molecular formula is C18H20BrN. The Hall–Kier alpha value is -1.12. The highest BCUT2D eigenvalue weighted by Gasteiger charge is 2.20. The summed E-state index contributed by atoms with van der Waals surface area (Å²) in [5.41, 5.74) is 4.38. The summed E-state index contributed by atoms with van der Waals surface area (Å²) < 4.78 is 1.19. The van der Waals surface area contributed by atoms with E-state index in [1.165, 1.54) is 34.0 Å². The summed E-state index contributed by atoms with van der Waals surface area (Å²) in [6.45, 7) is 2.25. The van der Waals surface area contributed by atoms with E-state index in [0.717, 1.165) is 6.42 Å². The van der Waals surface area contributed by atoms with Crippen molar-refractivity contribution in [1.82, 2.24) is 5.32 Å². The predicted molar refractivity (Wildman–Crippen MR) is 87.9 cm³/mol. The van der Waals surface area contributed by atoms with Gasteiger partial charge in [-0.1, -0.05) is 58.4 Å². The first-order valence-electron chi connectivity index (χ1n) is 7.31. The second-order valence-corrected chi connectivity index (χ2v) is 6.47. The summed E-state index contributed by atoms with van der Waals surface area (Å²) in [5.74, 6) is 0. The lowest BCUT2D eigenvalue weighted by atomic mass is 9.88. The lowest BCUT2D eigenvalue weighted by Crippen LogP contribution is -2.36. The first-order valence-corrected chi connectivity index (χ1v) is 8.10. The van der Waals surface area contributed by atoms with Gasteiger partial charge in [0.1, 0.15) is 0 Å². The smallest absolute Gasteiger partial charge is 0.0305 e. The summed E-state index contributed by atoms with van der Waals surface area (Å²) in [5, 5.41) is 3.79. The van der Waals surface area contributed by atoms with Crippen LogP contribution in [0, 0.1) is 0 Å². The van der Waals surface area contributed by atoms with Gasteiger partial charge in [-0.2, -0.15) is 0 Å². The fourth-order valence-electron chi connectivity index (χ4n) is 3.11. The zero-order chi connectivity index (χ0) is 13.9. The fourth-order valence-corrected chi connectivity index (χ4v) is 3.74. The Bertz CT molecular complexity index is 593. The predicted octanol–water partition coefficient (Wildman–Crippen LogP) is 4.66. The highest BCUT2D eigenvalue weighted by atomic mass is 79.9. The first-order chi connectivity index (χ1) is 9.74. The Morgan fingerprint density at radius 1 is 1.05 bits per heavy atom. The molecule has 2 atom stereocenters. The van der Waals surface area contributed by atoms with Crippen molar-refractivity contribution in [3.8, 4) is 0 Å². The SMILES string of the molecule is C[C@H](NC1CCc2ccccc2C1)c1ccccc1Br. The van der Waals surface area contributed by atoms with E-state index in [-0.39, 0.29) is 0 Å². The molecule has 1 unspecified atom stereocenters. The van der Waals surface area contributed by atoms with Gasteiger partial charge in [0.25, 0.3) is 0 Å². The van der Waals surface area contributed by atoms with Crippen LogP contribution in [0.3, 0.4) is 0 Å². The molecular weight excluding hydrogens is 310 g/mol. The van der Waals surface area contributed by atoms with Crippen molar-refractivity contribution >= 4 is 15.9 Å². The molecule has 0 saturated carbocycles. The highest BCUT2D eigenvalue weighted by molar-refractivity contribution is 9.10. The zero-order valence-electron chi connectivity index (χ0n) is 11.8. The van der Waals surface area contributed by atoms with Crippen LogP contribution in [0.25, 0.3) is 0 Å². The van der Waals surface area contributed by atoms with Crippen molar-refractivity contribution in [2.24, 2.45) is 0 Å². The van der Waals surface area contributed by atoms with Crippen molar-refractivity contribution < 1.29 is 0 Å². The minimum atomic E-state index is 0.376. The minimum Gasteiger partial charge on any atom is -0.307 e. The van der Waals surface area contributed by atoms with Crippen LogP contribution in [0.5, 0.6) is 0 Å². The number of benzene rings is 2. The third kappa shape index (κ3) is 2.97. The maximum absolute atomic E-state index is 3.79. The fraction of sp³-hybridized carbons (Fsp3) is 0.333. The summed E-state index contributed by atoms with van der Waals surface area (Å²) in [4.78, 5) is 0. The molecule has 0 heterocycles. The number of hydrogen-bond donors (Lipinski definition) is 1. The Kier molecular flexibility index (Phi) is 4.23. The van der Waals surface area contributed by atoms with Gasteiger partial charge in [0.05, 0.1) is 0 Å². The normalized spacial score (nSPS) is 19.4. The standard InChI is InChI=1S/C18H20BrN/c1-13(17-8-4-5-9-18(17)19)20-16-11-10-14-6-2-3-7-15(14)12-16/h2-9,13,16,20H,10-12H2,1H3/t13-,16?/m0/s1. The van der Waals surface area contributed by atoms with Crippen LogP contribution in [0.4, 0.5) is 0 Å². The maximum atomic E-state index is 3.79. The van der Waals surface area contributed by atoms with Crippen LogP contribution in [0.15, 0.2) is 53.0 Å². The molecule has 1 nitrogen and oxygen atoms in total. The van der Waals surface area contributed by atoms with E-state index >= 15 is 0 Å². The molecule has 0 saturated heterocycles. The summed E-state index contributed by atoms with van der Waals surface area (Å²) in [6, 6.07) is 18.3. The molecule has 2 heteroatoms. The summed E-state index contributed by atoms with van der Waals surface area (Å²) >= 11 is 3.65. The second kappa shape index (κ2) is 6.11. The van der Waals surface area contributed by atoms with E-state index in [4.69, 9.17) is 0 Å². The van der Waals surface area contributed by atoms with Gasteiger partial charge in [0, 0.05) is 16.6 Å². The van der Waals surface area contributed by atoms with Gasteiger partial charge in [-0.3, -0.25) is 0 Å². The molecule has 0 amide bonds. The Labute approximate surface area is 129 Å². The van der Waals surface area contributed by atoms with E-state index in [1.807, 2.05) is 0 Å². The monoisotopic (exact) mass is 329 g/mol. The summed E-state index contributed by atoms with van der Waals surface area (Å²) in [7, 11) is 0. The molecule has 2 aromatic rings. The molecule has 20 heavy (non-hydrogen) atoms. The molecule has 0 spiro atoms. The molecule has 1 aliphatic carbocycles. The number of halogens is 1. The number of nitrogens with one attached hydrogen (secondary N) is 1. The average Bonchev–Trinajstić information content (AvgIpc) is 2.47. The second-order valence-electron chi connectivity index (χ2n) is 5.62. The van der Waals surface area contributed by atoms with E-state index in [0.29, 0.717) is 12.1 Å². The minimum absolute atomic E-state index is 0.376. The number of hydrogen-bond acceptors (Lipinski definition) is 1. The lowest BCUT2D eigenvalue weighted by Gasteiger charge is -2.29. The highest BCUT2D eigenvalue weighted by Crippen LogP contribution is 2.26. The molecule has 3 rings (SSSR count). The molecule has 1 aliphatic rings. The van der Waals surface area contributed by atoms with Crippen LogP contribution in [-0.4, -0.2) is 6.04 Å². The van der Waals surface area contributed by atoms with Gasteiger partial charge >= 0.3 is 0 Å². The van der Waals surface area contributed by atoms with Crippen molar-refractivity contribution in [3.63, 3.8) is 0 Å². The van der Waals surface area contributed by atoms with Gasteiger partial charge in [-0.25, -0.2) is 0 Å². The quantitative estimate of drug-likeness (QED) is 0.863. The van der Waals surface area contributed by atoms with Gasteiger partial charge in [-0.05, 0) is 48.9 Å². The zero-order valence-corrected chi connectivity index (χ0v) is 13.4. The third-order valence-electron chi connectivity index (χ3n) is 4.20. The Morgan fingerprint density at radius 2 is 1.75 bits per heavy atom. The van der Waals surface area contributed by atoms with Crippen molar-refractivity contribution in [3.05, 3.63) is 69.7 Å². The van der Waals surface area contributed by atoms with Crippen LogP contribution < -0.4 is 5.32 Å². The lowest BCUT2D eigenvalue weighted by molar-refractivity contribution is 0.413. The van der Waals surface area contributed by atoms with E-state index in [1.54, 1.807) is 0 Å². The molecule has 2 aromatic carbocycles. The van der Waals surface area contributed by atoms with Crippen LogP contribution in [-0.2, 0) is 12.8 Å². The maximum Gasteiger partial charge on any atom is 0.0305 e. The average molecular weight is 330 g/mol. The summed E-state index contributed by atoms with van der Waals surface area (Å²) in [6.07, 6.45) is 3.56. The van der Waals surface area contributed by atoms with Gasteiger partial charge in [0.15, 0.2) is 0 Å². The molecule has 0 aromatic heterocycles. The number of fused-ring (bicyclic) bond motifs is 1. The van der Waals surface area contributed by atoms with Gasteiger partial charge in [0.2, 0.25) is 0 Å². The van der Waals surface area contributed by atoms with Crippen LogP contribution >= 0.6 is 15.9 Å². The van der Waals surface area contributed by atoms with E-state index in [2.05, 4.69) is 76.7 Å². The van der Waals surface area contributed by atoms with E-state index in [9.17, 15) is 0 Å². The van der Waals surface area contributed by atoms with Crippen molar-refractivity contribution in [2.45, 2.75) is 38.3 Å². The van der Waals surface area contributed by atoms with Gasteiger partial charge < -0.3 is 5.32 Å². The molecule has 104 valence electrons. The largest absolute Gasteiger partial charge is 0.307 e. The Morgan fingerprint density at radius 3 is 2.55 bits per heavy atom. The number of rotatable bonds is 3. The topological polar surface area (TPSA) is 12.0 Å². The molecule has 0 aliphatic heterocycles. The third-order valence-corrected chi connectivity index (χ3v) is 4.93. The van der Waals surface area contributed by atoms with Gasteiger partial charge in [-0.15, -0.1) is 0 Å². The first kappa shape index (κ1) is 13.8.